The summed E-state index contributed by atoms with van der Waals surface area (Å²) in [6.45, 7) is 4.25. The Morgan fingerprint density at radius 2 is 0.800 bits per heavy atom. The minimum atomic E-state index is -4.78. The first kappa shape index (κ1) is 29.7. The van der Waals surface area contributed by atoms with Gasteiger partial charge in [0.2, 0.25) is 0 Å². The minimum absolute atomic E-state index is 0.209. The van der Waals surface area contributed by atoms with Gasteiger partial charge in [-0.15, -0.1) is 0 Å². The predicted molar refractivity (Wildman–Crippen MR) is 118 cm³/mol. The molecule has 0 amide bonds. The van der Waals surface area contributed by atoms with Crippen LogP contribution in [0.3, 0.4) is 0 Å². The van der Waals surface area contributed by atoms with E-state index in [9.17, 15) is 16.8 Å². The number of unbranched alkanes of at least 4 members (excludes halogenated alkanes) is 12. The second kappa shape index (κ2) is 17.3. The Hall–Kier alpha value is -0.260. The first-order valence-corrected chi connectivity index (χ1v) is 14.1. The van der Waals surface area contributed by atoms with Gasteiger partial charge in [0, 0.05) is 0 Å². The van der Waals surface area contributed by atoms with E-state index < -0.39 is 33.0 Å². The van der Waals surface area contributed by atoms with Crippen molar-refractivity contribution in [2.75, 3.05) is 0 Å². The predicted octanol–water partition coefficient (Wildman–Crippen LogP) is 5.64. The minimum Gasteiger partial charge on any atom is -0.264 e. The normalized spacial score (nSPS) is 14.7. The van der Waals surface area contributed by atoms with Gasteiger partial charge in [0.15, 0.2) is 0 Å². The Bertz CT molecular complexity index is 604. The molecule has 0 aliphatic rings. The maximum atomic E-state index is 11.3. The molecule has 0 heterocycles. The van der Waals surface area contributed by atoms with E-state index in [-0.39, 0.29) is 12.8 Å². The fourth-order valence-corrected chi connectivity index (χ4v) is 4.57. The summed E-state index contributed by atoms with van der Waals surface area (Å²) in [5, 5.41) is 0. The molecular weight excluding hydrogens is 432 g/mol. The maximum Gasteiger partial charge on any atom is 0.397 e. The van der Waals surface area contributed by atoms with Gasteiger partial charge in [-0.1, -0.05) is 104 Å². The Labute approximate surface area is 184 Å². The van der Waals surface area contributed by atoms with Crippen LogP contribution in [-0.2, 0) is 29.2 Å². The summed E-state index contributed by atoms with van der Waals surface area (Å²) in [5.74, 6) is 0. The summed E-state index contributed by atoms with van der Waals surface area (Å²) >= 11 is 0. The topological polar surface area (TPSA) is 127 Å². The van der Waals surface area contributed by atoms with Gasteiger partial charge >= 0.3 is 20.8 Å². The summed E-state index contributed by atoms with van der Waals surface area (Å²) in [6, 6.07) is 0. The fraction of sp³-hybridized carbons (Fsp3) is 1.00. The van der Waals surface area contributed by atoms with Gasteiger partial charge in [-0.25, -0.2) is 8.37 Å². The Balaban J connectivity index is 4.66. The zero-order chi connectivity index (χ0) is 22.9. The molecule has 0 aromatic heterocycles. The van der Waals surface area contributed by atoms with Crippen molar-refractivity contribution in [2.24, 2.45) is 0 Å². The average molecular weight is 475 g/mol. The van der Waals surface area contributed by atoms with E-state index in [1.807, 2.05) is 0 Å². The summed E-state index contributed by atoms with van der Waals surface area (Å²) in [4.78, 5) is 0. The molecule has 2 unspecified atom stereocenters. The van der Waals surface area contributed by atoms with Crippen molar-refractivity contribution < 1.29 is 34.3 Å². The van der Waals surface area contributed by atoms with Gasteiger partial charge in [-0.3, -0.25) is 9.11 Å². The van der Waals surface area contributed by atoms with Crippen molar-refractivity contribution in [3.8, 4) is 0 Å². The lowest BCUT2D eigenvalue weighted by atomic mass is 9.99. The molecule has 0 spiro atoms. The fourth-order valence-electron chi connectivity index (χ4n) is 3.51. The zero-order valence-electron chi connectivity index (χ0n) is 18.6. The number of hydrogen-bond acceptors (Lipinski definition) is 6. The molecule has 0 bridgehead atoms. The summed E-state index contributed by atoms with van der Waals surface area (Å²) in [6.07, 6.45) is 12.2. The van der Waals surface area contributed by atoms with Gasteiger partial charge in [0.25, 0.3) is 0 Å². The molecule has 0 aliphatic heterocycles. The third kappa shape index (κ3) is 19.7. The summed E-state index contributed by atoms with van der Waals surface area (Å²) < 4.78 is 72.6. The largest absolute Gasteiger partial charge is 0.397 e. The third-order valence-electron chi connectivity index (χ3n) is 5.09. The second-order valence-corrected chi connectivity index (χ2v) is 10.0. The highest BCUT2D eigenvalue weighted by Crippen LogP contribution is 2.22. The smallest absolute Gasteiger partial charge is 0.264 e. The van der Waals surface area contributed by atoms with Crippen molar-refractivity contribution in [3.05, 3.63) is 0 Å². The summed E-state index contributed by atoms with van der Waals surface area (Å²) in [7, 11) is -9.56. The molecule has 0 radical (unpaired) electrons. The Morgan fingerprint density at radius 1 is 0.533 bits per heavy atom. The first-order valence-electron chi connectivity index (χ1n) is 11.4. The molecule has 0 saturated heterocycles. The van der Waals surface area contributed by atoms with Gasteiger partial charge in [-0.2, -0.15) is 16.8 Å². The third-order valence-corrected chi connectivity index (χ3v) is 6.07. The highest BCUT2D eigenvalue weighted by Gasteiger charge is 2.30. The SMILES string of the molecule is CCCCCCCCCCCC(OS(=O)(=O)O)C(CCCCCCC)OS(=O)(=O)O. The van der Waals surface area contributed by atoms with Crippen LogP contribution < -0.4 is 0 Å². The molecule has 182 valence electrons. The van der Waals surface area contributed by atoms with Crippen LogP contribution in [0.25, 0.3) is 0 Å². The van der Waals surface area contributed by atoms with Crippen LogP contribution in [0.5, 0.6) is 0 Å². The Morgan fingerprint density at radius 3 is 1.07 bits per heavy atom. The molecular formula is C20H42O8S2. The highest BCUT2D eigenvalue weighted by atomic mass is 32.3. The molecule has 2 N–H and O–H groups in total. The highest BCUT2D eigenvalue weighted by molar-refractivity contribution is 7.81. The van der Waals surface area contributed by atoms with Crippen molar-refractivity contribution in [1.29, 1.82) is 0 Å². The second-order valence-electron chi connectivity index (χ2n) is 7.94. The average Bonchev–Trinajstić information content (AvgIpc) is 2.62. The maximum absolute atomic E-state index is 11.3. The van der Waals surface area contributed by atoms with Gasteiger partial charge in [0.1, 0.15) is 12.2 Å². The Kier molecular flexibility index (Phi) is 17.2. The van der Waals surface area contributed by atoms with Crippen molar-refractivity contribution >= 4 is 20.8 Å². The quantitative estimate of drug-likeness (QED) is 0.161. The lowest BCUT2D eigenvalue weighted by Gasteiger charge is -2.24. The summed E-state index contributed by atoms with van der Waals surface area (Å²) in [5.41, 5.74) is 0. The molecule has 8 nitrogen and oxygen atoms in total. The van der Waals surface area contributed by atoms with E-state index >= 15 is 0 Å². The van der Waals surface area contributed by atoms with Crippen LogP contribution in [0.4, 0.5) is 0 Å². The molecule has 2 atom stereocenters. The molecule has 0 saturated carbocycles. The lowest BCUT2D eigenvalue weighted by Crippen LogP contribution is -2.35. The van der Waals surface area contributed by atoms with E-state index in [1.54, 1.807) is 0 Å². The molecule has 0 aromatic carbocycles. The number of hydrogen-bond donors (Lipinski definition) is 2. The molecule has 0 rings (SSSR count). The zero-order valence-corrected chi connectivity index (χ0v) is 20.3. The van der Waals surface area contributed by atoms with Crippen molar-refractivity contribution in [2.45, 2.75) is 129 Å². The molecule has 0 aromatic rings. The molecule has 30 heavy (non-hydrogen) atoms. The van der Waals surface area contributed by atoms with E-state index in [1.165, 1.54) is 25.7 Å². The number of rotatable bonds is 21. The van der Waals surface area contributed by atoms with E-state index in [0.717, 1.165) is 51.4 Å². The molecule has 0 fully saturated rings. The van der Waals surface area contributed by atoms with Crippen molar-refractivity contribution in [1.82, 2.24) is 0 Å². The van der Waals surface area contributed by atoms with Crippen LogP contribution >= 0.6 is 0 Å². The van der Waals surface area contributed by atoms with E-state index in [0.29, 0.717) is 12.8 Å². The van der Waals surface area contributed by atoms with Crippen LogP contribution in [0.15, 0.2) is 0 Å². The standard InChI is InChI=1S/C20H42O8S2/c1-3-5-7-9-10-11-12-14-16-18-20(28-30(24,25)26)19(27-29(21,22)23)17-15-13-8-6-4-2/h19-20H,3-18H2,1-2H3,(H,21,22,23)(H,24,25,26). The van der Waals surface area contributed by atoms with E-state index in [4.69, 9.17) is 17.5 Å². The van der Waals surface area contributed by atoms with Crippen LogP contribution in [0.1, 0.15) is 117 Å². The van der Waals surface area contributed by atoms with Crippen molar-refractivity contribution in [3.63, 3.8) is 0 Å². The van der Waals surface area contributed by atoms with Crippen LogP contribution in [0, 0.1) is 0 Å². The van der Waals surface area contributed by atoms with E-state index in [2.05, 4.69) is 13.8 Å². The van der Waals surface area contributed by atoms with Gasteiger partial charge in [0.05, 0.1) is 0 Å². The first-order chi connectivity index (χ1) is 14.1. The van der Waals surface area contributed by atoms with Crippen LogP contribution in [0.2, 0.25) is 0 Å². The molecule has 0 aliphatic carbocycles. The van der Waals surface area contributed by atoms with Gasteiger partial charge in [-0.05, 0) is 12.8 Å². The van der Waals surface area contributed by atoms with Gasteiger partial charge < -0.3 is 0 Å². The van der Waals surface area contributed by atoms with Crippen LogP contribution in [-0.4, -0.2) is 38.1 Å². The monoisotopic (exact) mass is 474 g/mol. The lowest BCUT2D eigenvalue weighted by molar-refractivity contribution is 0.0331. The molecule has 10 heteroatoms.